The molecule has 0 aliphatic carbocycles. The maximum Gasteiger partial charge on any atom is 0.416 e. The second-order valence-corrected chi connectivity index (χ2v) is 7.66. The highest BCUT2D eigenvalue weighted by Crippen LogP contribution is 2.36. The largest absolute Gasteiger partial charge is 0.416 e. The van der Waals surface area contributed by atoms with Crippen molar-refractivity contribution in [2.45, 2.75) is 24.9 Å². The Morgan fingerprint density at radius 1 is 1.07 bits per heavy atom. The highest BCUT2D eigenvalue weighted by molar-refractivity contribution is 7.08. The minimum absolute atomic E-state index is 0.0578. The second kappa shape index (κ2) is 9.80. The molecule has 1 aromatic carbocycles. The van der Waals surface area contributed by atoms with Gasteiger partial charge in [0.1, 0.15) is 6.04 Å². The topological polar surface area (TPSA) is 44.4 Å². The van der Waals surface area contributed by atoms with Gasteiger partial charge in [-0.2, -0.15) is 37.7 Å². The van der Waals surface area contributed by atoms with Crippen LogP contribution < -0.4 is 10.6 Å². The SMILES string of the molecule is CN(C)CCN[C@H](C(=O)NCc1cc(C(F)(F)F)cc(C(F)(F)F)c1)c1ccsc1. The molecule has 1 amide bonds. The quantitative estimate of drug-likeness (QED) is 0.586. The van der Waals surface area contributed by atoms with Crippen molar-refractivity contribution >= 4 is 17.2 Å². The van der Waals surface area contributed by atoms with E-state index in [0.717, 1.165) is 0 Å². The second-order valence-electron chi connectivity index (χ2n) is 6.88. The molecule has 0 radical (unpaired) electrons. The predicted octanol–water partition coefficient (Wildman–Crippen LogP) is 4.29. The number of rotatable bonds is 8. The summed E-state index contributed by atoms with van der Waals surface area (Å²) in [5.41, 5.74) is -2.46. The summed E-state index contributed by atoms with van der Waals surface area (Å²) >= 11 is 1.37. The predicted molar refractivity (Wildman–Crippen MR) is 102 cm³/mol. The summed E-state index contributed by atoms with van der Waals surface area (Å²) in [5, 5.41) is 9.01. The maximum atomic E-state index is 13.0. The number of hydrogen-bond donors (Lipinski definition) is 2. The van der Waals surface area contributed by atoms with E-state index in [1.807, 2.05) is 19.0 Å². The first-order chi connectivity index (χ1) is 13.9. The fraction of sp³-hybridized carbons (Fsp3) is 0.421. The smallest absolute Gasteiger partial charge is 0.350 e. The average molecular weight is 453 g/mol. The number of nitrogens with zero attached hydrogens (tertiary/aromatic N) is 1. The van der Waals surface area contributed by atoms with Gasteiger partial charge in [0.25, 0.3) is 0 Å². The third-order valence-corrected chi connectivity index (χ3v) is 4.86. The molecule has 0 fully saturated rings. The van der Waals surface area contributed by atoms with E-state index in [0.29, 0.717) is 30.8 Å². The van der Waals surface area contributed by atoms with Crippen LogP contribution in [0.3, 0.4) is 0 Å². The lowest BCUT2D eigenvalue weighted by Gasteiger charge is -2.20. The molecule has 0 aliphatic heterocycles. The molecule has 30 heavy (non-hydrogen) atoms. The molecule has 4 nitrogen and oxygen atoms in total. The molecule has 1 atom stereocenters. The Morgan fingerprint density at radius 2 is 1.67 bits per heavy atom. The van der Waals surface area contributed by atoms with Crippen LogP contribution in [0.15, 0.2) is 35.0 Å². The van der Waals surface area contributed by atoms with E-state index in [1.165, 1.54) is 11.3 Å². The molecule has 0 bridgehead atoms. The maximum absolute atomic E-state index is 13.0. The molecule has 0 saturated carbocycles. The zero-order valence-corrected chi connectivity index (χ0v) is 17.0. The Hall–Kier alpha value is -2.11. The number of thiophene rings is 1. The summed E-state index contributed by atoms with van der Waals surface area (Å²) in [4.78, 5) is 14.5. The van der Waals surface area contributed by atoms with Gasteiger partial charge < -0.3 is 15.5 Å². The van der Waals surface area contributed by atoms with Crippen LogP contribution in [-0.2, 0) is 23.7 Å². The van der Waals surface area contributed by atoms with Gasteiger partial charge in [0.05, 0.1) is 11.1 Å². The van der Waals surface area contributed by atoms with Crippen LogP contribution in [0.5, 0.6) is 0 Å². The Bertz CT molecular complexity index is 802. The summed E-state index contributed by atoms with van der Waals surface area (Å²) in [6.07, 6.45) is -9.88. The number of hydrogen-bond acceptors (Lipinski definition) is 4. The lowest BCUT2D eigenvalue weighted by molar-refractivity contribution is -0.143. The fourth-order valence-electron chi connectivity index (χ4n) is 2.65. The first-order valence-corrected chi connectivity index (χ1v) is 9.78. The summed E-state index contributed by atoms with van der Waals surface area (Å²) in [6.45, 7) is 0.626. The monoisotopic (exact) mass is 453 g/mol. The fourth-order valence-corrected chi connectivity index (χ4v) is 3.33. The van der Waals surface area contributed by atoms with Crippen LogP contribution in [0.1, 0.15) is 28.3 Å². The number of nitrogens with one attached hydrogen (secondary N) is 2. The van der Waals surface area contributed by atoms with Gasteiger partial charge in [-0.05, 0) is 60.2 Å². The van der Waals surface area contributed by atoms with E-state index in [9.17, 15) is 31.1 Å². The number of carbonyl (C=O) groups is 1. The Labute approximate surface area is 173 Å². The van der Waals surface area contributed by atoms with E-state index in [4.69, 9.17) is 0 Å². The van der Waals surface area contributed by atoms with E-state index in [2.05, 4.69) is 10.6 Å². The van der Waals surface area contributed by atoms with Crippen molar-refractivity contribution in [1.29, 1.82) is 0 Å². The van der Waals surface area contributed by atoms with E-state index < -0.39 is 42.0 Å². The molecule has 0 saturated heterocycles. The van der Waals surface area contributed by atoms with Gasteiger partial charge in [-0.15, -0.1) is 0 Å². The molecule has 11 heteroatoms. The zero-order valence-electron chi connectivity index (χ0n) is 16.2. The summed E-state index contributed by atoms with van der Waals surface area (Å²) in [6, 6.07) is 2.22. The van der Waals surface area contributed by atoms with Gasteiger partial charge in [-0.3, -0.25) is 4.79 Å². The highest BCUT2D eigenvalue weighted by atomic mass is 32.1. The van der Waals surface area contributed by atoms with E-state index in [-0.39, 0.29) is 11.6 Å². The molecule has 0 spiro atoms. The number of halogens is 6. The zero-order chi connectivity index (χ0) is 22.5. The van der Waals surface area contributed by atoms with E-state index in [1.54, 1.807) is 16.8 Å². The van der Waals surface area contributed by atoms with Crippen molar-refractivity contribution in [3.05, 3.63) is 57.3 Å². The molecule has 1 heterocycles. The number of carbonyl (C=O) groups excluding carboxylic acids is 1. The first-order valence-electron chi connectivity index (χ1n) is 8.84. The molecule has 0 aliphatic rings. The molecule has 166 valence electrons. The standard InChI is InChI=1S/C19H21F6N3OS/c1-28(2)5-4-26-16(13-3-6-30-11-13)17(29)27-10-12-7-14(18(20,21)22)9-15(8-12)19(23,24)25/h3,6-9,11,16,26H,4-5,10H2,1-2H3,(H,27,29)/t16-/m0/s1. The molecular weight excluding hydrogens is 432 g/mol. The third-order valence-electron chi connectivity index (χ3n) is 4.16. The van der Waals surface area contributed by atoms with Gasteiger partial charge in [-0.25, -0.2) is 0 Å². The summed E-state index contributed by atoms with van der Waals surface area (Å²) in [5.74, 6) is -0.543. The number of amides is 1. The molecule has 2 N–H and O–H groups in total. The van der Waals surface area contributed by atoms with Crippen molar-refractivity contribution in [3.8, 4) is 0 Å². The summed E-state index contributed by atoms with van der Waals surface area (Å²) in [7, 11) is 3.71. The Kier molecular flexibility index (Phi) is 7.89. The van der Waals surface area contributed by atoms with Gasteiger partial charge >= 0.3 is 12.4 Å². The Balaban J connectivity index is 2.17. The third kappa shape index (κ3) is 6.99. The first kappa shape index (κ1) is 24.2. The molecule has 0 unspecified atom stereocenters. The van der Waals surface area contributed by atoms with Crippen LogP contribution in [-0.4, -0.2) is 38.0 Å². The van der Waals surface area contributed by atoms with Crippen LogP contribution in [0.25, 0.3) is 0 Å². The Morgan fingerprint density at radius 3 is 2.13 bits per heavy atom. The van der Waals surface area contributed by atoms with Crippen molar-refractivity contribution < 1.29 is 31.1 Å². The lowest BCUT2D eigenvalue weighted by atomic mass is 10.0. The normalized spacial score (nSPS) is 13.5. The number of benzene rings is 1. The van der Waals surface area contributed by atoms with Gasteiger partial charge in [0.15, 0.2) is 0 Å². The number of alkyl halides is 6. The molecule has 2 rings (SSSR count). The molecule has 1 aromatic heterocycles. The van der Waals surface area contributed by atoms with Gasteiger partial charge in [0, 0.05) is 19.6 Å². The van der Waals surface area contributed by atoms with Crippen LogP contribution >= 0.6 is 11.3 Å². The van der Waals surface area contributed by atoms with Gasteiger partial charge in [0.2, 0.25) is 5.91 Å². The van der Waals surface area contributed by atoms with Crippen LogP contribution in [0.2, 0.25) is 0 Å². The average Bonchev–Trinajstić information content (AvgIpc) is 3.15. The number of likely N-dealkylation sites (N-methyl/N-ethyl adjacent to an activating group) is 1. The van der Waals surface area contributed by atoms with Crippen molar-refractivity contribution in [2.24, 2.45) is 0 Å². The molecule has 2 aromatic rings. The van der Waals surface area contributed by atoms with Crippen molar-refractivity contribution in [1.82, 2.24) is 15.5 Å². The lowest BCUT2D eigenvalue weighted by Crippen LogP contribution is -2.39. The molecular formula is C19H21F6N3OS. The van der Waals surface area contributed by atoms with Crippen LogP contribution in [0.4, 0.5) is 26.3 Å². The van der Waals surface area contributed by atoms with E-state index >= 15 is 0 Å². The minimum atomic E-state index is -4.94. The van der Waals surface area contributed by atoms with Crippen molar-refractivity contribution in [3.63, 3.8) is 0 Å². The highest BCUT2D eigenvalue weighted by Gasteiger charge is 2.37. The van der Waals surface area contributed by atoms with Gasteiger partial charge in [-0.1, -0.05) is 0 Å². The van der Waals surface area contributed by atoms with Crippen LogP contribution in [0, 0.1) is 0 Å². The minimum Gasteiger partial charge on any atom is -0.350 e. The summed E-state index contributed by atoms with van der Waals surface area (Å²) < 4.78 is 77.9. The van der Waals surface area contributed by atoms with Crippen molar-refractivity contribution in [2.75, 3.05) is 27.2 Å².